The Morgan fingerprint density at radius 2 is 1.92 bits per heavy atom. The quantitative estimate of drug-likeness (QED) is 0.372. The molecule has 4 aromatic rings. The van der Waals surface area contributed by atoms with Gasteiger partial charge in [-0.2, -0.15) is 5.10 Å². The van der Waals surface area contributed by atoms with Gasteiger partial charge in [0.1, 0.15) is 5.75 Å². The fourth-order valence-corrected chi connectivity index (χ4v) is 4.69. The highest BCUT2D eigenvalue weighted by Gasteiger charge is 2.37. The van der Waals surface area contributed by atoms with Gasteiger partial charge in [0.05, 0.1) is 17.8 Å². The maximum atomic E-state index is 14.8. The fourth-order valence-electron chi connectivity index (χ4n) is 4.51. The molecule has 0 spiro atoms. The molecule has 190 valence electrons. The number of fused-ring (bicyclic) bond motifs is 2. The molecule has 0 aliphatic carbocycles. The van der Waals surface area contributed by atoms with E-state index in [9.17, 15) is 18.4 Å². The molecule has 0 fully saturated rings. The topological polar surface area (TPSA) is 93.9 Å². The van der Waals surface area contributed by atoms with Crippen molar-refractivity contribution in [3.63, 3.8) is 0 Å². The van der Waals surface area contributed by atoms with Crippen LogP contribution in [0.3, 0.4) is 0 Å². The maximum Gasteiger partial charge on any atom is 0.412 e. The summed E-state index contributed by atoms with van der Waals surface area (Å²) in [6.45, 7) is -0.831. The van der Waals surface area contributed by atoms with Crippen LogP contribution in [0.5, 0.6) is 5.75 Å². The molecular weight excluding hydrogens is 508 g/mol. The van der Waals surface area contributed by atoms with Crippen LogP contribution in [0.25, 0.3) is 10.9 Å². The average molecular weight is 528 g/mol. The van der Waals surface area contributed by atoms with Crippen molar-refractivity contribution in [1.29, 1.82) is 0 Å². The summed E-state index contributed by atoms with van der Waals surface area (Å²) < 4.78 is 41.4. The number of hydrogen-bond donors (Lipinski definition) is 1. The predicted molar refractivity (Wildman–Crippen MR) is 129 cm³/mol. The molecule has 0 bridgehead atoms. The number of benzene rings is 3. The van der Waals surface area contributed by atoms with Crippen molar-refractivity contribution < 1.29 is 33.0 Å². The Labute approximate surface area is 214 Å². The van der Waals surface area contributed by atoms with Crippen molar-refractivity contribution in [2.45, 2.75) is 19.2 Å². The molecule has 5 rings (SSSR count). The Kier molecular flexibility index (Phi) is 6.66. The van der Waals surface area contributed by atoms with E-state index < -0.39 is 36.3 Å². The van der Waals surface area contributed by atoms with Crippen molar-refractivity contribution >= 4 is 34.6 Å². The van der Waals surface area contributed by atoms with Crippen LogP contribution in [0, 0.1) is 11.6 Å². The molecule has 1 aromatic heterocycles. The van der Waals surface area contributed by atoms with Crippen molar-refractivity contribution in [3.8, 4) is 5.75 Å². The van der Waals surface area contributed by atoms with Gasteiger partial charge in [-0.05, 0) is 47.9 Å². The van der Waals surface area contributed by atoms with E-state index >= 15 is 0 Å². The summed E-state index contributed by atoms with van der Waals surface area (Å²) in [5, 5.41) is 14.5. The first kappa shape index (κ1) is 24.5. The molecule has 0 saturated carbocycles. The predicted octanol–water partition coefficient (Wildman–Crippen LogP) is 5.17. The van der Waals surface area contributed by atoms with Crippen LogP contribution >= 0.6 is 11.6 Å². The summed E-state index contributed by atoms with van der Waals surface area (Å²) in [5.41, 5.74) is 1.50. The summed E-state index contributed by atoms with van der Waals surface area (Å²) in [7, 11) is 0. The summed E-state index contributed by atoms with van der Waals surface area (Å²) in [5.74, 6) is -3.09. The molecule has 0 saturated heterocycles. The van der Waals surface area contributed by atoms with Crippen LogP contribution in [0.2, 0.25) is 5.02 Å². The summed E-state index contributed by atoms with van der Waals surface area (Å²) in [6, 6.07) is 13.3. The number of halogens is 3. The normalized spacial score (nSPS) is 14.9. The first-order chi connectivity index (χ1) is 17.8. The largest absolute Gasteiger partial charge is 0.482 e. The van der Waals surface area contributed by atoms with E-state index in [1.165, 1.54) is 33.8 Å². The number of rotatable bonds is 6. The Morgan fingerprint density at radius 1 is 1.11 bits per heavy atom. The lowest BCUT2D eigenvalue weighted by atomic mass is 9.87. The van der Waals surface area contributed by atoms with Gasteiger partial charge in [0.15, 0.2) is 25.0 Å². The number of carboxylic acid groups (broad SMARTS) is 1. The highest BCUT2D eigenvalue weighted by molar-refractivity contribution is 6.30. The standard InChI is InChI=1S/C26H20ClF2N3O5/c27-16-5-8-22(36-13-23(33)34)19(11-16)25-18-6-7-20(28)24(29)17(18)9-10-31(25)26(35)37-14-32-21-4-2-1-3-15(21)12-30-32/h1-8,11-12,25H,9-10,13-14H2,(H,33,34). The number of aliphatic carboxylic acids is 1. The Bertz CT molecular complexity index is 1510. The van der Waals surface area contributed by atoms with E-state index in [4.69, 9.17) is 26.2 Å². The van der Waals surface area contributed by atoms with Crippen molar-refractivity contribution in [2.75, 3.05) is 13.2 Å². The molecule has 1 atom stereocenters. The summed E-state index contributed by atoms with van der Waals surface area (Å²) >= 11 is 6.24. The van der Waals surface area contributed by atoms with Gasteiger partial charge in [-0.3, -0.25) is 4.90 Å². The molecule has 11 heteroatoms. The lowest BCUT2D eigenvalue weighted by Crippen LogP contribution is -2.41. The molecule has 1 aliphatic heterocycles. The van der Waals surface area contributed by atoms with E-state index in [0.717, 1.165) is 17.0 Å². The minimum atomic E-state index is -1.21. The third kappa shape index (κ3) is 4.79. The molecular formula is C26H20ClF2N3O5. The van der Waals surface area contributed by atoms with Crippen molar-refractivity contribution in [3.05, 3.63) is 94.1 Å². The van der Waals surface area contributed by atoms with Gasteiger partial charge in [-0.15, -0.1) is 0 Å². The number of aromatic nitrogens is 2. The van der Waals surface area contributed by atoms with E-state index in [2.05, 4.69) is 5.10 Å². The van der Waals surface area contributed by atoms with Gasteiger partial charge >= 0.3 is 12.1 Å². The minimum Gasteiger partial charge on any atom is -0.482 e. The fraction of sp³-hybridized carbons (Fsp3) is 0.192. The van der Waals surface area contributed by atoms with Gasteiger partial charge in [0.25, 0.3) is 0 Å². The van der Waals surface area contributed by atoms with Gasteiger partial charge in [0.2, 0.25) is 0 Å². The molecule has 2 heterocycles. The number of amides is 1. The van der Waals surface area contributed by atoms with Crippen LogP contribution < -0.4 is 4.74 Å². The van der Waals surface area contributed by atoms with E-state index in [0.29, 0.717) is 11.1 Å². The lowest BCUT2D eigenvalue weighted by molar-refractivity contribution is -0.139. The molecule has 1 aliphatic rings. The smallest absolute Gasteiger partial charge is 0.412 e. The first-order valence-corrected chi connectivity index (χ1v) is 11.7. The SMILES string of the molecule is O=C(O)COc1ccc(Cl)cc1C1c2ccc(F)c(F)c2CCN1C(=O)OCn1ncc2ccccc21. The molecule has 0 radical (unpaired) electrons. The van der Waals surface area contributed by atoms with Crippen LogP contribution in [-0.2, 0) is 22.7 Å². The number of nitrogens with zero attached hydrogens (tertiary/aromatic N) is 3. The maximum absolute atomic E-state index is 14.8. The molecule has 3 aromatic carbocycles. The van der Waals surface area contributed by atoms with E-state index in [-0.39, 0.29) is 36.0 Å². The third-order valence-electron chi connectivity index (χ3n) is 6.15. The zero-order valence-electron chi connectivity index (χ0n) is 19.2. The molecule has 8 nitrogen and oxygen atoms in total. The number of carbonyl (C=O) groups is 2. The monoisotopic (exact) mass is 527 g/mol. The number of carboxylic acids is 1. The van der Waals surface area contributed by atoms with Gasteiger partial charge < -0.3 is 14.6 Å². The second kappa shape index (κ2) is 10.1. The average Bonchev–Trinajstić information content (AvgIpc) is 3.31. The Balaban J connectivity index is 1.52. The second-order valence-electron chi connectivity index (χ2n) is 8.38. The molecule has 1 amide bonds. The summed E-state index contributed by atoms with van der Waals surface area (Å²) in [6.07, 6.45) is 0.962. The third-order valence-corrected chi connectivity index (χ3v) is 6.39. The zero-order valence-corrected chi connectivity index (χ0v) is 20.0. The summed E-state index contributed by atoms with van der Waals surface area (Å²) in [4.78, 5) is 25.9. The van der Waals surface area contributed by atoms with E-state index in [1.807, 2.05) is 24.3 Å². The highest BCUT2D eigenvalue weighted by atomic mass is 35.5. The van der Waals surface area contributed by atoms with Gasteiger partial charge in [0, 0.05) is 22.5 Å². The Morgan fingerprint density at radius 3 is 2.73 bits per heavy atom. The number of ether oxygens (including phenoxy) is 2. The second-order valence-corrected chi connectivity index (χ2v) is 8.82. The zero-order chi connectivity index (χ0) is 26.1. The highest BCUT2D eigenvalue weighted by Crippen LogP contribution is 2.42. The number of carbonyl (C=O) groups excluding carboxylic acids is 1. The molecule has 1 unspecified atom stereocenters. The number of para-hydroxylation sites is 1. The number of hydrogen-bond acceptors (Lipinski definition) is 5. The Hall–Kier alpha value is -4.18. The van der Waals surface area contributed by atoms with E-state index in [1.54, 1.807) is 6.20 Å². The first-order valence-electron chi connectivity index (χ1n) is 11.3. The van der Waals surface area contributed by atoms with Crippen LogP contribution in [0.15, 0.2) is 60.8 Å². The van der Waals surface area contributed by atoms with Crippen molar-refractivity contribution in [2.24, 2.45) is 0 Å². The van der Waals surface area contributed by atoms with Crippen molar-refractivity contribution in [1.82, 2.24) is 14.7 Å². The minimum absolute atomic E-state index is 0.00160. The van der Waals surface area contributed by atoms with Crippen LogP contribution in [0.1, 0.15) is 22.7 Å². The van der Waals surface area contributed by atoms with Crippen LogP contribution in [0.4, 0.5) is 13.6 Å². The van der Waals surface area contributed by atoms with Gasteiger partial charge in [-0.1, -0.05) is 35.9 Å². The lowest BCUT2D eigenvalue weighted by Gasteiger charge is -2.37. The van der Waals surface area contributed by atoms with Gasteiger partial charge in [-0.25, -0.2) is 23.1 Å². The molecule has 1 N–H and O–H groups in total. The van der Waals surface area contributed by atoms with Crippen LogP contribution in [-0.4, -0.2) is 45.0 Å². The molecule has 37 heavy (non-hydrogen) atoms.